The Morgan fingerprint density at radius 2 is 1.90 bits per heavy atom. The summed E-state index contributed by atoms with van der Waals surface area (Å²) in [7, 11) is 5.13. The largest absolute Gasteiger partial charge is 0.358 e. The number of likely N-dealkylation sites (tertiary alicyclic amines) is 1. The van der Waals surface area contributed by atoms with Gasteiger partial charge in [0.1, 0.15) is 6.54 Å². The smallest absolute Gasteiger partial charge is 0.243 e. The van der Waals surface area contributed by atoms with E-state index in [4.69, 9.17) is 0 Å². The second-order valence-corrected chi connectivity index (χ2v) is 8.58. The van der Waals surface area contributed by atoms with Crippen LogP contribution >= 0.6 is 11.8 Å². The van der Waals surface area contributed by atoms with Gasteiger partial charge in [-0.1, -0.05) is 18.2 Å². The molecule has 0 spiro atoms. The average molecular weight is 435 g/mol. The molecule has 166 valence electrons. The Morgan fingerprint density at radius 3 is 2.53 bits per heavy atom. The zero-order valence-corrected chi connectivity index (χ0v) is 19.0. The lowest BCUT2D eigenvalue weighted by Gasteiger charge is -2.32. The number of hydrogen-bond donors (Lipinski definition) is 3. The summed E-state index contributed by atoms with van der Waals surface area (Å²) < 4.78 is 0. The third-order valence-electron chi connectivity index (χ3n) is 4.85. The summed E-state index contributed by atoms with van der Waals surface area (Å²) in [6.45, 7) is 3.02. The summed E-state index contributed by atoms with van der Waals surface area (Å²) in [5.41, 5.74) is 0. The Labute approximate surface area is 183 Å². The highest BCUT2D eigenvalue weighted by Crippen LogP contribution is 2.15. The topological polar surface area (TPSA) is 89.1 Å². The highest BCUT2D eigenvalue weighted by molar-refractivity contribution is 7.99. The summed E-state index contributed by atoms with van der Waals surface area (Å²) in [6.07, 6.45) is 1.86. The number of hydrogen-bond acceptors (Lipinski definition) is 5. The lowest BCUT2D eigenvalue weighted by atomic mass is 10.1. The number of nitrogens with zero attached hydrogens (tertiary/aromatic N) is 3. The molecule has 0 aromatic heterocycles. The molecule has 1 aromatic carbocycles. The number of guanidine groups is 1. The first-order chi connectivity index (χ1) is 14.5. The van der Waals surface area contributed by atoms with Gasteiger partial charge < -0.3 is 20.9 Å². The molecular formula is C21H34N6O2S. The van der Waals surface area contributed by atoms with Crippen molar-refractivity contribution in [2.24, 2.45) is 4.99 Å². The van der Waals surface area contributed by atoms with Gasteiger partial charge in [-0.3, -0.25) is 14.5 Å². The maximum absolute atomic E-state index is 11.9. The standard InChI is InChI=1S/C21H34N6O2S/c1-22-19(28)16-27-12-9-17(10-13-27)25-21(24-15-20(29)26(2)3)23-11-14-30-18-7-5-4-6-8-18/h4-8,17H,9-16H2,1-3H3,(H,22,28)(H2,23,24,25). The molecule has 0 unspecified atom stereocenters. The van der Waals surface area contributed by atoms with Crippen LogP contribution in [0, 0.1) is 0 Å². The van der Waals surface area contributed by atoms with Crippen LogP contribution in [0.5, 0.6) is 0 Å². The molecule has 1 fully saturated rings. The number of rotatable bonds is 9. The maximum atomic E-state index is 11.9. The van der Waals surface area contributed by atoms with Gasteiger partial charge >= 0.3 is 0 Å². The molecule has 8 nitrogen and oxygen atoms in total. The molecule has 1 aliphatic rings. The first-order valence-electron chi connectivity index (χ1n) is 10.3. The van der Waals surface area contributed by atoms with Gasteiger partial charge in [-0.2, -0.15) is 0 Å². The Kier molecular flexibility index (Phi) is 10.5. The third-order valence-corrected chi connectivity index (χ3v) is 5.87. The lowest BCUT2D eigenvalue weighted by molar-refractivity contribution is -0.127. The first kappa shape index (κ1) is 24.0. The van der Waals surface area contributed by atoms with Gasteiger partial charge in [0.15, 0.2) is 5.96 Å². The Bertz CT molecular complexity index is 690. The molecule has 1 saturated heterocycles. The fourth-order valence-electron chi connectivity index (χ4n) is 3.01. The minimum atomic E-state index is -0.0323. The molecular weight excluding hydrogens is 400 g/mol. The van der Waals surface area contributed by atoms with Gasteiger partial charge in [-0.05, 0) is 25.0 Å². The van der Waals surface area contributed by atoms with Crippen molar-refractivity contribution in [3.63, 3.8) is 0 Å². The number of likely N-dealkylation sites (N-methyl/N-ethyl adjacent to an activating group) is 2. The maximum Gasteiger partial charge on any atom is 0.243 e. The van der Waals surface area contributed by atoms with E-state index in [-0.39, 0.29) is 24.4 Å². The second kappa shape index (κ2) is 13.1. The molecule has 30 heavy (non-hydrogen) atoms. The van der Waals surface area contributed by atoms with E-state index < -0.39 is 0 Å². The molecule has 9 heteroatoms. The Hall–Kier alpha value is -2.26. The van der Waals surface area contributed by atoms with E-state index in [0.29, 0.717) is 12.5 Å². The van der Waals surface area contributed by atoms with Crippen molar-refractivity contribution in [1.29, 1.82) is 0 Å². The van der Waals surface area contributed by atoms with E-state index in [2.05, 4.69) is 38.0 Å². The van der Waals surface area contributed by atoms with Crippen LogP contribution in [0.25, 0.3) is 0 Å². The van der Waals surface area contributed by atoms with Gasteiger partial charge in [-0.25, -0.2) is 4.99 Å². The minimum Gasteiger partial charge on any atom is -0.358 e. The van der Waals surface area contributed by atoms with Crippen molar-refractivity contribution >= 4 is 29.5 Å². The highest BCUT2D eigenvalue weighted by Gasteiger charge is 2.21. The zero-order chi connectivity index (χ0) is 21.8. The number of nitrogens with one attached hydrogen (secondary N) is 3. The van der Waals surface area contributed by atoms with Crippen LogP contribution in [0.2, 0.25) is 0 Å². The molecule has 0 bridgehead atoms. The van der Waals surface area contributed by atoms with Crippen molar-refractivity contribution in [2.75, 3.05) is 59.6 Å². The number of carbonyl (C=O) groups is 2. The minimum absolute atomic E-state index is 0.0323. The summed E-state index contributed by atoms with van der Waals surface area (Å²) in [5.74, 6) is 1.58. The molecule has 1 heterocycles. The molecule has 2 amide bonds. The van der Waals surface area contributed by atoms with Gasteiger partial charge in [0.05, 0.1) is 6.54 Å². The van der Waals surface area contributed by atoms with Crippen LogP contribution < -0.4 is 16.0 Å². The highest BCUT2D eigenvalue weighted by atomic mass is 32.2. The number of carbonyl (C=O) groups excluding carboxylic acids is 2. The Balaban J connectivity index is 1.83. The zero-order valence-electron chi connectivity index (χ0n) is 18.2. The second-order valence-electron chi connectivity index (χ2n) is 7.41. The van der Waals surface area contributed by atoms with E-state index in [0.717, 1.165) is 38.2 Å². The molecule has 0 radical (unpaired) electrons. The SMILES string of the molecule is CNC(=O)CN1CCC(NC(=NCC(=O)N(C)C)NCCSc2ccccc2)CC1. The van der Waals surface area contributed by atoms with Crippen LogP contribution in [0.3, 0.4) is 0 Å². The average Bonchev–Trinajstić information content (AvgIpc) is 2.76. The summed E-state index contributed by atoms with van der Waals surface area (Å²) in [5, 5.41) is 9.49. The molecule has 0 saturated carbocycles. The summed E-state index contributed by atoms with van der Waals surface area (Å²) >= 11 is 1.78. The molecule has 2 rings (SSSR count). The first-order valence-corrected chi connectivity index (χ1v) is 11.3. The van der Waals surface area contributed by atoms with Crippen molar-refractivity contribution in [1.82, 2.24) is 25.8 Å². The van der Waals surface area contributed by atoms with Crippen molar-refractivity contribution in [3.8, 4) is 0 Å². The number of piperidine rings is 1. The van der Waals surface area contributed by atoms with Crippen LogP contribution in [0.15, 0.2) is 40.2 Å². The van der Waals surface area contributed by atoms with Crippen LogP contribution in [-0.4, -0.2) is 93.2 Å². The van der Waals surface area contributed by atoms with Gasteiger partial charge in [0.2, 0.25) is 11.8 Å². The summed E-state index contributed by atoms with van der Waals surface area (Å²) in [4.78, 5) is 32.9. The monoisotopic (exact) mass is 434 g/mol. The van der Waals surface area contributed by atoms with E-state index in [9.17, 15) is 9.59 Å². The lowest BCUT2D eigenvalue weighted by Crippen LogP contribution is -2.50. The predicted molar refractivity (Wildman–Crippen MR) is 123 cm³/mol. The predicted octanol–water partition coefficient (Wildman–Crippen LogP) is 0.613. The fourth-order valence-corrected chi connectivity index (χ4v) is 3.80. The summed E-state index contributed by atoms with van der Waals surface area (Å²) in [6, 6.07) is 10.5. The quantitative estimate of drug-likeness (QED) is 0.228. The van der Waals surface area contributed by atoms with Crippen molar-refractivity contribution < 1.29 is 9.59 Å². The fraction of sp³-hybridized carbons (Fsp3) is 0.571. The molecule has 0 atom stereocenters. The normalized spacial score (nSPS) is 15.5. The van der Waals surface area contributed by atoms with E-state index in [1.807, 2.05) is 18.2 Å². The molecule has 0 aliphatic carbocycles. The van der Waals surface area contributed by atoms with Gasteiger partial charge in [0, 0.05) is 57.5 Å². The van der Waals surface area contributed by atoms with Crippen molar-refractivity contribution in [2.45, 2.75) is 23.8 Å². The van der Waals surface area contributed by atoms with Crippen LogP contribution in [0.1, 0.15) is 12.8 Å². The van der Waals surface area contributed by atoms with Crippen LogP contribution in [0.4, 0.5) is 0 Å². The van der Waals surface area contributed by atoms with Crippen molar-refractivity contribution in [3.05, 3.63) is 30.3 Å². The third kappa shape index (κ3) is 9.04. The molecule has 1 aliphatic heterocycles. The van der Waals surface area contributed by atoms with E-state index >= 15 is 0 Å². The number of benzene rings is 1. The van der Waals surface area contributed by atoms with Gasteiger partial charge in [0.25, 0.3) is 0 Å². The molecule has 1 aromatic rings. The number of thioether (sulfide) groups is 1. The van der Waals surface area contributed by atoms with Gasteiger partial charge in [-0.15, -0.1) is 11.8 Å². The molecule has 3 N–H and O–H groups in total. The Morgan fingerprint density at radius 1 is 1.20 bits per heavy atom. The van der Waals surface area contributed by atoms with E-state index in [1.54, 1.807) is 37.8 Å². The number of amides is 2. The number of aliphatic imine (C=N–C) groups is 1. The van der Waals surface area contributed by atoms with E-state index in [1.165, 1.54) is 4.90 Å². The van der Waals surface area contributed by atoms with Crippen LogP contribution in [-0.2, 0) is 9.59 Å².